The van der Waals surface area contributed by atoms with Crippen LogP contribution in [0.5, 0.6) is 0 Å². The summed E-state index contributed by atoms with van der Waals surface area (Å²) in [6.45, 7) is 0. The fourth-order valence-electron chi connectivity index (χ4n) is 4.44. The van der Waals surface area contributed by atoms with E-state index in [2.05, 4.69) is 4.98 Å². The first kappa shape index (κ1) is 22.9. The average molecular weight is 441 g/mol. The van der Waals surface area contributed by atoms with Crippen LogP contribution in [0.4, 0.5) is 4.39 Å². The Morgan fingerprint density at radius 3 is 2.90 bits per heavy atom. The standard InChI is InChI=1S/C22H21FN4O2S.CH4/c1-29-20-6-7-22(16(20)12-30-21(25)27-22)15-8-13(2-4-17(15)23)9-19(28)18-5-3-14(10-24)11-26-18;/h2-5,8,11,16,20H,6-7,9,12H2,1H3,(H2,25,27);1H4/t16-,20+,22-;/m1./s1. The van der Waals surface area contributed by atoms with Crippen LogP contribution in [0.15, 0.2) is 41.5 Å². The number of fused-ring (bicyclic) bond motifs is 1. The molecule has 0 radical (unpaired) electrons. The van der Waals surface area contributed by atoms with Gasteiger partial charge in [0.25, 0.3) is 0 Å². The second-order valence-electron chi connectivity index (χ2n) is 7.56. The topological polar surface area (TPSA) is 101 Å². The summed E-state index contributed by atoms with van der Waals surface area (Å²) in [6, 6.07) is 9.80. The number of hydrogen-bond donors (Lipinski definition) is 1. The van der Waals surface area contributed by atoms with Crippen LogP contribution in [0.1, 0.15) is 47.4 Å². The Balaban J connectivity index is 0.00000272. The highest BCUT2D eigenvalue weighted by Crippen LogP contribution is 2.52. The zero-order valence-electron chi connectivity index (χ0n) is 16.5. The number of amidine groups is 1. The van der Waals surface area contributed by atoms with Gasteiger partial charge in [-0.15, -0.1) is 0 Å². The van der Waals surface area contributed by atoms with Crippen LogP contribution in [0.3, 0.4) is 0 Å². The molecule has 162 valence electrons. The molecule has 1 aliphatic carbocycles. The largest absolute Gasteiger partial charge is 0.381 e. The summed E-state index contributed by atoms with van der Waals surface area (Å²) >= 11 is 1.47. The monoisotopic (exact) mass is 440 g/mol. The van der Waals surface area contributed by atoms with Gasteiger partial charge in [-0.05, 0) is 42.7 Å². The minimum Gasteiger partial charge on any atom is -0.381 e. The maximum atomic E-state index is 15.0. The summed E-state index contributed by atoms with van der Waals surface area (Å²) in [5, 5.41) is 9.32. The van der Waals surface area contributed by atoms with Gasteiger partial charge in [0.2, 0.25) is 0 Å². The van der Waals surface area contributed by atoms with Crippen molar-refractivity contribution in [1.29, 1.82) is 5.26 Å². The molecule has 1 aromatic heterocycles. The van der Waals surface area contributed by atoms with Crippen LogP contribution >= 0.6 is 11.8 Å². The minimum atomic E-state index is -0.772. The number of hydrogen-bond acceptors (Lipinski definition) is 7. The molecule has 8 heteroatoms. The van der Waals surface area contributed by atoms with E-state index in [-0.39, 0.29) is 43.2 Å². The second kappa shape index (κ2) is 9.16. The summed E-state index contributed by atoms with van der Waals surface area (Å²) in [6.07, 6.45) is 2.85. The number of halogens is 1. The third kappa shape index (κ3) is 4.21. The molecule has 0 spiro atoms. The van der Waals surface area contributed by atoms with Crippen LogP contribution in [-0.2, 0) is 16.7 Å². The molecule has 2 heterocycles. The molecule has 0 unspecified atom stereocenters. The van der Waals surface area contributed by atoms with Crippen molar-refractivity contribution in [2.24, 2.45) is 16.6 Å². The Bertz CT molecular complexity index is 1050. The summed E-state index contributed by atoms with van der Waals surface area (Å²) in [5.74, 6) is 0.175. The van der Waals surface area contributed by atoms with Crippen LogP contribution in [-0.4, -0.2) is 34.9 Å². The smallest absolute Gasteiger partial charge is 0.185 e. The molecule has 1 aromatic carbocycles. The SMILES string of the molecule is C.CO[C@H]1CC[C@]2(c3cc(CC(=O)c4ccc(C#N)cn4)ccc3F)N=C(N)SC[C@H]12. The molecule has 2 aliphatic rings. The van der Waals surface area contributed by atoms with Gasteiger partial charge < -0.3 is 10.5 Å². The van der Waals surface area contributed by atoms with E-state index in [1.54, 1.807) is 25.3 Å². The van der Waals surface area contributed by atoms with Crippen molar-refractivity contribution >= 4 is 22.7 Å². The number of ether oxygens (including phenoxy) is 1. The van der Waals surface area contributed by atoms with Crippen molar-refractivity contribution in [2.45, 2.75) is 38.3 Å². The quantitative estimate of drug-likeness (QED) is 0.709. The normalized spacial score (nSPS) is 24.5. The molecule has 1 aliphatic heterocycles. The van der Waals surface area contributed by atoms with Crippen molar-refractivity contribution in [3.8, 4) is 6.07 Å². The van der Waals surface area contributed by atoms with Crippen molar-refractivity contribution in [2.75, 3.05) is 12.9 Å². The Labute approximate surface area is 185 Å². The Hall–Kier alpha value is -2.76. The predicted octanol–water partition coefficient (Wildman–Crippen LogP) is 3.84. The molecule has 0 saturated heterocycles. The number of rotatable bonds is 5. The van der Waals surface area contributed by atoms with E-state index in [0.29, 0.717) is 34.0 Å². The van der Waals surface area contributed by atoms with Crippen molar-refractivity contribution in [1.82, 2.24) is 4.98 Å². The molecule has 1 saturated carbocycles. The fraction of sp³-hybridized carbons (Fsp3) is 0.391. The van der Waals surface area contributed by atoms with E-state index in [1.165, 1.54) is 30.1 Å². The molecular weight excluding hydrogens is 415 g/mol. The van der Waals surface area contributed by atoms with Crippen molar-refractivity contribution in [3.05, 3.63) is 64.7 Å². The predicted molar refractivity (Wildman–Crippen MR) is 119 cm³/mol. The number of ketones is 1. The third-order valence-corrected chi connectivity index (χ3v) is 6.85. The van der Waals surface area contributed by atoms with Gasteiger partial charge in [0, 0.05) is 37.0 Å². The number of carbonyl (C=O) groups is 1. The molecule has 2 aromatic rings. The number of nitrogens with zero attached hydrogens (tertiary/aromatic N) is 3. The molecule has 2 N–H and O–H groups in total. The Morgan fingerprint density at radius 1 is 1.42 bits per heavy atom. The highest BCUT2D eigenvalue weighted by atomic mass is 32.2. The third-order valence-electron chi connectivity index (χ3n) is 5.94. The molecule has 0 bridgehead atoms. The number of carbonyl (C=O) groups excluding carboxylic acids is 1. The van der Waals surface area contributed by atoms with Gasteiger partial charge in [-0.25, -0.2) is 4.39 Å². The van der Waals surface area contributed by atoms with E-state index < -0.39 is 5.54 Å². The Kier molecular flexibility index (Phi) is 6.77. The fourth-order valence-corrected chi connectivity index (χ4v) is 5.50. The summed E-state index contributed by atoms with van der Waals surface area (Å²) in [4.78, 5) is 21.4. The van der Waals surface area contributed by atoms with Gasteiger partial charge in [0.05, 0.1) is 17.2 Å². The molecule has 6 nitrogen and oxygen atoms in total. The number of pyridine rings is 1. The number of Topliss-reactive ketones (excluding diaryl/α,β-unsaturated/α-hetero) is 1. The number of benzene rings is 1. The van der Waals surface area contributed by atoms with Crippen molar-refractivity contribution in [3.63, 3.8) is 0 Å². The zero-order chi connectivity index (χ0) is 21.3. The van der Waals surface area contributed by atoms with E-state index >= 15 is 4.39 Å². The van der Waals surface area contributed by atoms with Gasteiger partial charge in [-0.1, -0.05) is 25.3 Å². The van der Waals surface area contributed by atoms with Crippen LogP contribution in [0.25, 0.3) is 0 Å². The minimum absolute atomic E-state index is 0. The number of aromatic nitrogens is 1. The van der Waals surface area contributed by atoms with Gasteiger partial charge in [0.1, 0.15) is 17.6 Å². The zero-order valence-corrected chi connectivity index (χ0v) is 17.3. The molecule has 1 fully saturated rings. The van der Waals surface area contributed by atoms with Crippen LogP contribution in [0.2, 0.25) is 0 Å². The number of thioether (sulfide) groups is 1. The van der Waals surface area contributed by atoms with Gasteiger partial charge >= 0.3 is 0 Å². The number of methoxy groups -OCH3 is 1. The molecule has 0 amide bonds. The highest BCUT2D eigenvalue weighted by molar-refractivity contribution is 8.13. The van der Waals surface area contributed by atoms with E-state index in [1.807, 2.05) is 6.07 Å². The second-order valence-corrected chi connectivity index (χ2v) is 8.60. The summed E-state index contributed by atoms with van der Waals surface area (Å²) in [5.41, 5.74) is 7.07. The van der Waals surface area contributed by atoms with Crippen LogP contribution in [0, 0.1) is 23.1 Å². The van der Waals surface area contributed by atoms with Crippen LogP contribution < -0.4 is 5.73 Å². The van der Waals surface area contributed by atoms with Gasteiger partial charge in [0.15, 0.2) is 11.0 Å². The highest BCUT2D eigenvalue weighted by Gasteiger charge is 2.53. The lowest BCUT2D eigenvalue weighted by Crippen LogP contribution is -2.41. The molecule has 31 heavy (non-hydrogen) atoms. The van der Waals surface area contributed by atoms with E-state index in [4.69, 9.17) is 20.7 Å². The summed E-state index contributed by atoms with van der Waals surface area (Å²) in [7, 11) is 1.67. The number of aliphatic imine (C=N–C) groups is 1. The average Bonchev–Trinajstić information content (AvgIpc) is 3.13. The first-order valence-electron chi connectivity index (χ1n) is 9.66. The van der Waals surface area contributed by atoms with Gasteiger partial charge in [-0.2, -0.15) is 5.26 Å². The summed E-state index contributed by atoms with van der Waals surface area (Å²) < 4.78 is 20.6. The van der Waals surface area contributed by atoms with E-state index in [0.717, 1.165) is 6.42 Å². The lowest BCUT2D eigenvalue weighted by molar-refractivity contribution is 0.0645. The maximum Gasteiger partial charge on any atom is 0.185 e. The molecule has 3 atom stereocenters. The lowest BCUT2D eigenvalue weighted by Gasteiger charge is -2.37. The molecule has 4 rings (SSSR count). The maximum absolute atomic E-state index is 15.0. The van der Waals surface area contributed by atoms with Gasteiger partial charge in [-0.3, -0.25) is 14.8 Å². The first-order chi connectivity index (χ1) is 14.5. The number of nitrogens with two attached hydrogens (primary N) is 1. The molecular formula is C23H25FN4O2S. The lowest BCUT2D eigenvalue weighted by atomic mass is 9.80. The van der Waals surface area contributed by atoms with Crippen molar-refractivity contribution < 1.29 is 13.9 Å². The van der Waals surface area contributed by atoms with E-state index in [9.17, 15) is 4.79 Å². The first-order valence-corrected chi connectivity index (χ1v) is 10.6. The number of nitriles is 1. The Morgan fingerprint density at radius 2 is 2.23 bits per heavy atom.